The van der Waals surface area contributed by atoms with Crippen LogP contribution in [0.25, 0.3) is 0 Å². The van der Waals surface area contributed by atoms with Gasteiger partial charge in [-0.3, -0.25) is 9.69 Å². The van der Waals surface area contributed by atoms with Gasteiger partial charge >= 0.3 is 0 Å². The predicted molar refractivity (Wildman–Crippen MR) is 97.7 cm³/mol. The molecule has 0 spiro atoms. The van der Waals surface area contributed by atoms with Gasteiger partial charge in [-0.1, -0.05) is 30.3 Å². The van der Waals surface area contributed by atoms with Crippen LogP contribution in [0.3, 0.4) is 0 Å². The van der Waals surface area contributed by atoms with Crippen LogP contribution in [0.4, 0.5) is 0 Å². The molecule has 4 heteroatoms. The SMILES string of the molecule is CCOC=CC(=O)N1[C@H](C)CN(CCCc2ccccc2)C[C@@H]1C. The van der Waals surface area contributed by atoms with Crippen molar-refractivity contribution >= 4 is 5.91 Å². The fraction of sp³-hybridized carbons (Fsp3) is 0.550. The molecule has 0 bridgehead atoms. The zero-order chi connectivity index (χ0) is 17.4. The summed E-state index contributed by atoms with van der Waals surface area (Å²) in [6.07, 6.45) is 5.32. The van der Waals surface area contributed by atoms with Crippen LogP contribution >= 0.6 is 0 Å². The van der Waals surface area contributed by atoms with Gasteiger partial charge in [-0.05, 0) is 45.7 Å². The molecule has 0 aromatic heterocycles. The van der Waals surface area contributed by atoms with E-state index in [1.54, 1.807) is 6.08 Å². The Balaban J connectivity index is 1.80. The van der Waals surface area contributed by atoms with Gasteiger partial charge in [0.25, 0.3) is 0 Å². The van der Waals surface area contributed by atoms with E-state index in [-0.39, 0.29) is 18.0 Å². The first kappa shape index (κ1) is 18.5. The fourth-order valence-corrected chi connectivity index (χ4v) is 3.49. The van der Waals surface area contributed by atoms with Gasteiger partial charge in [0.2, 0.25) is 5.91 Å². The average Bonchev–Trinajstić information content (AvgIpc) is 2.55. The molecule has 0 saturated carbocycles. The molecule has 0 unspecified atom stereocenters. The Labute approximate surface area is 146 Å². The van der Waals surface area contributed by atoms with Crippen molar-refractivity contribution in [2.24, 2.45) is 0 Å². The first-order chi connectivity index (χ1) is 11.6. The monoisotopic (exact) mass is 330 g/mol. The van der Waals surface area contributed by atoms with Gasteiger partial charge in [-0.25, -0.2) is 0 Å². The molecule has 0 radical (unpaired) electrons. The van der Waals surface area contributed by atoms with E-state index in [1.807, 2.05) is 11.8 Å². The second kappa shape index (κ2) is 9.48. The number of carbonyl (C=O) groups is 1. The third-order valence-electron chi connectivity index (χ3n) is 4.51. The number of carbonyl (C=O) groups excluding carboxylic acids is 1. The van der Waals surface area contributed by atoms with Crippen molar-refractivity contribution < 1.29 is 9.53 Å². The second-order valence-electron chi connectivity index (χ2n) is 6.55. The number of ether oxygens (including phenoxy) is 1. The Morgan fingerprint density at radius 3 is 2.50 bits per heavy atom. The number of hydrogen-bond acceptors (Lipinski definition) is 3. The van der Waals surface area contributed by atoms with Crippen LogP contribution in [0.2, 0.25) is 0 Å². The van der Waals surface area contributed by atoms with Gasteiger partial charge in [0, 0.05) is 31.2 Å². The minimum atomic E-state index is 0.0485. The lowest BCUT2D eigenvalue weighted by atomic mass is 10.1. The van der Waals surface area contributed by atoms with E-state index in [0.29, 0.717) is 6.61 Å². The summed E-state index contributed by atoms with van der Waals surface area (Å²) in [5, 5.41) is 0. The Kier molecular flexibility index (Phi) is 7.32. The number of piperazine rings is 1. The molecule has 1 aromatic rings. The van der Waals surface area contributed by atoms with E-state index in [0.717, 1.165) is 32.5 Å². The van der Waals surface area contributed by atoms with Gasteiger partial charge in [0.1, 0.15) is 0 Å². The van der Waals surface area contributed by atoms with Crippen molar-refractivity contribution in [2.75, 3.05) is 26.2 Å². The number of benzene rings is 1. The minimum absolute atomic E-state index is 0.0485. The van der Waals surface area contributed by atoms with Crippen LogP contribution < -0.4 is 0 Å². The van der Waals surface area contributed by atoms with Gasteiger partial charge in [0.15, 0.2) is 0 Å². The summed E-state index contributed by atoms with van der Waals surface area (Å²) in [5.74, 6) is 0.0485. The number of amides is 1. The molecule has 4 nitrogen and oxygen atoms in total. The summed E-state index contributed by atoms with van der Waals surface area (Å²) >= 11 is 0. The molecule has 1 fully saturated rings. The summed E-state index contributed by atoms with van der Waals surface area (Å²) in [6.45, 7) is 9.72. The van der Waals surface area contributed by atoms with E-state index >= 15 is 0 Å². The quantitative estimate of drug-likeness (QED) is 0.569. The third kappa shape index (κ3) is 5.38. The van der Waals surface area contributed by atoms with Crippen molar-refractivity contribution in [2.45, 2.75) is 45.7 Å². The van der Waals surface area contributed by atoms with E-state index in [9.17, 15) is 4.79 Å². The molecule has 2 atom stereocenters. The highest BCUT2D eigenvalue weighted by Gasteiger charge is 2.31. The summed E-state index contributed by atoms with van der Waals surface area (Å²) in [5.41, 5.74) is 1.40. The lowest BCUT2D eigenvalue weighted by molar-refractivity contribution is -0.133. The standard InChI is InChI=1S/C20H30N2O2/c1-4-24-14-12-20(23)22-17(2)15-21(16-18(22)3)13-8-11-19-9-6-5-7-10-19/h5-7,9-10,12,14,17-18H,4,8,11,13,15-16H2,1-3H3/t17-,18+. The lowest BCUT2D eigenvalue weighted by Gasteiger charge is -2.44. The van der Waals surface area contributed by atoms with Crippen molar-refractivity contribution in [3.63, 3.8) is 0 Å². The predicted octanol–water partition coefficient (Wildman–Crippen LogP) is 3.09. The van der Waals surface area contributed by atoms with Crippen LogP contribution in [0.15, 0.2) is 42.7 Å². The number of aryl methyl sites for hydroxylation is 1. The van der Waals surface area contributed by atoms with E-state index < -0.39 is 0 Å². The van der Waals surface area contributed by atoms with E-state index in [4.69, 9.17) is 4.74 Å². The zero-order valence-corrected chi connectivity index (χ0v) is 15.1. The van der Waals surface area contributed by atoms with Crippen LogP contribution in [-0.2, 0) is 16.0 Å². The topological polar surface area (TPSA) is 32.8 Å². The highest BCUT2D eigenvalue weighted by atomic mass is 16.5. The molecule has 1 heterocycles. The largest absolute Gasteiger partial charge is 0.501 e. The molecule has 1 amide bonds. The van der Waals surface area contributed by atoms with E-state index in [1.165, 1.54) is 11.8 Å². The molecular weight excluding hydrogens is 300 g/mol. The van der Waals surface area contributed by atoms with Crippen molar-refractivity contribution in [3.8, 4) is 0 Å². The lowest BCUT2D eigenvalue weighted by Crippen LogP contribution is -2.58. The van der Waals surface area contributed by atoms with Crippen LogP contribution in [0, 0.1) is 0 Å². The summed E-state index contributed by atoms with van der Waals surface area (Å²) in [6, 6.07) is 11.1. The molecule has 132 valence electrons. The molecule has 1 aliphatic rings. The maximum absolute atomic E-state index is 12.3. The molecule has 1 aromatic carbocycles. The first-order valence-corrected chi connectivity index (χ1v) is 8.98. The summed E-state index contributed by atoms with van der Waals surface area (Å²) in [7, 11) is 0. The van der Waals surface area contributed by atoms with Gasteiger partial charge in [-0.2, -0.15) is 0 Å². The third-order valence-corrected chi connectivity index (χ3v) is 4.51. The van der Waals surface area contributed by atoms with Crippen molar-refractivity contribution in [1.29, 1.82) is 0 Å². The molecule has 24 heavy (non-hydrogen) atoms. The average molecular weight is 330 g/mol. The molecule has 2 rings (SSSR count). The van der Waals surface area contributed by atoms with Gasteiger partial charge in [0.05, 0.1) is 12.9 Å². The molecule has 1 aliphatic heterocycles. The highest BCUT2D eigenvalue weighted by molar-refractivity contribution is 5.88. The van der Waals surface area contributed by atoms with Crippen molar-refractivity contribution in [3.05, 3.63) is 48.2 Å². The van der Waals surface area contributed by atoms with Crippen LogP contribution in [-0.4, -0.2) is 54.0 Å². The van der Waals surface area contributed by atoms with E-state index in [2.05, 4.69) is 49.1 Å². The summed E-state index contributed by atoms with van der Waals surface area (Å²) in [4.78, 5) is 16.8. The fourth-order valence-electron chi connectivity index (χ4n) is 3.49. The number of nitrogens with zero attached hydrogens (tertiary/aromatic N) is 2. The van der Waals surface area contributed by atoms with Gasteiger partial charge < -0.3 is 9.64 Å². The Morgan fingerprint density at radius 2 is 1.88 bits per heavy atom. The molecule has 1 saturated heterocycles. The number of hydrogen-bond donors (Lipinski definition) is 0. The number of rotatable bonds is 7. The second-order valence-corrected chi connectivity index (χ2v) is 6.55. The Bertz CT molecular complexity index is 518. The normalized spacial score (nSPS) is 22.0. The smallest absolute Gasteiger partial charge is 0.250 e. The molecule has 0 N–H and O–H groups in total. The van der Waals surface area contributed by atoms with Crippen LogP contribution in [0.1, 0.15) is 32.8 Å². The maximum atomic E-state index is 12.3. The minimum Gasteiger partial charge on any atom is -0.501 e. The Hall–Kier alpha value is -1.81. The zero-order valence-electron chi connectivity index (χ0n) is 15.1. The Morgan fingerprint density at radius 1 is 1.21 bits per heavy atom. The summed E-state index contributed by atoms with van der Waals surface area (Å²) < 4.78 is 5.14. The molecule has 0 aliphatic carbocycles. The first-order valence-electron chi connectivity index (χ1n) is 8.98. The maximum Gasteiger partial charge on any atom is 0.250 e. The van der Waals surface area contributed by atoms with Crippen LogP contribution in [0.5, 0.6) is 0 Å². The van der Waals surface area contributed by atoms with Gasteiger partial charge in [-0.15, -0.1) is 0 Å². The molecular formula is C20H30N2O2. The van der Waals surface area contributed by atoms with Crippen molar-refractivity contribution in [1.82, 2.24) is 9.80 Å². The highest BCUT2D eigenvalue weighted by Crippen LogP contribution is 2.17.